The number of nitrogens with one attached hydrogen (secondary N) is 1. The van der Waals surface area contributed by atoms with Gasteiger partial charge in [0.25, 0.3) is 11.8 Å². The molecule has 4 rings (SSSR count). The number of benzene rings is 3. The molecule has 1 atom stereocenters. The van der Waals surface area contributed by atoms with Crippen LogP contribution in [0.5, 0.6) is 0 Å². The third kappa shape index (κ3) is 6.35. The number of carboxylic acids is 1. The van der Waals surface area contributed by atoms with Gasteiger partial charge in [-0.25, -0.2) is 9.18 Å². The second-order valence-corrected chi connectivity index (χ2v) is 9.94. The maximum absolute atomic E-state index is 13.6. The smallest absolute Gasteiger partial charge is 0.326 e. The first-order valence-corrected chi connectivity index (χ1v) is 12.8. The van der Waals surface area contributed by atoms with Gasteiger partial charge in [0.1, 0.15) is 11.9 Å². The highest BCUT2D eigenvalue weighted by atomic mass is 35.5. The standard InChI is InChI=1S/C28H22Cl3FN2O4/c29-21-9-8-19(32)15-20(21)27(36)34-12-10-18(11-13-34)17-6-4-16(5-7-17)14-24(28(37)38)33-26(35)25-22(30)2-1-3-23(25)31/h1-10,15,24H,11-14H2,(H,33,35)(H,37,38)/t24-/m0/s1. The first-order chi connectivity index (χ1) is 18.1. The fourth-order valence-corrected chi connectivity index (χ4v) is 4.95. The van der Waals surface area contributed by atoms with Gasteiger partial charge in [-0.3, -0.25) is 9.59 Å². The number of carbonyl (C=O) groups is 3. The van der Waals surface area contributed by atoms with Crippen LogP contribution in [0.1, 0.15) is 38.3 Å². The van der Waals surface area contributed by atoms with Crippen molar-refractivity contribution < 1.29 is 23.9 Å². The Bertz CT molecular complexity index is 1410. The van der Waals surface area contributed by atoms with Gasteiger partial charge in [0.05, 0.1) is 26.2 Å². The fraction of sp³-hybridized carbons (Fsp3) is 0.179. The van der Waals surface area contributed by atoms with Crippen molar-refractivity contribution in [2.24, 2.45) is 0 Å². The Labute approximate surface area is 233 Å². The Morgan fingerprint density at radius 2 is 1.66 bits per heavy atom. The fourth-order valence-electron chi connectivity index (χ4n) is 4.18. The molecule has 38 heavy (non-hydrogen) atoms. The molecule has 1 aliphatic heterocycles. The summed E-state index contributed by atoms with van der Waals surface area (Å²) < 4.78 is 13.6. The second kappa shape index (κ2) is 12.0. The van der Waals surface area contributed by atoms with Gasteiger partial charge < -0.3 is 15.3 Å². The number of rotatable bonds is 7. The average Bonchev–Trinajstić information content (AvgIpc) is 2.89. The zero-order valence-electron chi connectivity index (χ0n) is 19.9. The van der Waals surface area contributed by atoms with E-state index in [4.69, 9.17) is 34.8 Å². The largest absolute Gasteiger partial charge is 0.480 e. The SMILES string of the molecule is O=C(N[C@@H](Cc1ccc(C2=CCN(C(=O)c3cc(F)ccc3Cl)CC2)cc1)C(=O)O)c1c(Cl)cccc1Cl. The van der Waals surface area contributed by atoms with Crippen LogP contribution in [0.2, 0.25) is 15.1 Å². The van der Waals surface area contributed by atoms with E-state index in [0.29, 0.717) is 25.1 Å². The molecule has 10 heteroatoms. The molecule has 0 aliphatic carbocycles. The van der Waals surface area contributed by atoms with Gasteiger partial charge in [-0.05, 0) is 53.5 Å². The van der Waals surface area contributed by atoms with Crippen molar-refractivity contribution >= 4 is 58.2 Å². The van der Waals surface area contributed by atoms with Crippen LogP contribution < -0.4 is 5.32 Å². The van der Waals surface area contributed by atoms with Crippen molar-refractivity contribution in [3.8, 4) is 0 Å². The summed E-state index contributed by atoms with van der Waals surface area (Å²) in [6.07, 6.45) is 2.57. The van der Waals surface area contributed by atoms with Gasteiger partial charge in [0, 0.05) is 19.5 Å². The van der Waals surface area contributed by atoms with Crippen LogP contribution in [0.15, 0.2) is 66.7 Å². The van der Waals surface area contributed by atoms with Crippen molar-refractivity contribution in [2.75, 3.05) is 13.1 Å². The Kier molecular flexibility index (Phi) is 8.72. The van der Waals surface area contributed by atoms with Crippen LogP contribution >= 0.6 is 34.8 Å². The lowest BCUT2D eigenvalue weighted by Crippen LogP contribution is -2.42. The monoisotopic (exact) mass is 574 g/mol. The van der Waals surface area contributed by atoms with E-state index in [2.05, 4.69) is 5.32 Å². The van der Waals surface area contributed by atoms with Gasteiger partial charge >= 0.3 is 5.97 Å². The molecule has 2 amide bonds. The van der Waals surface area contributed by atoms with E-state index in [1.165, 1.54) is 24.3 Å². The molecule has 1 heterocycles. The van der Waals surface area contributed by atoms with Crippen molar-refractivity contribution in [1.29, 1.82) is 0 Å². The molecule has 0 saturated heterocycles. The van der Waals surface area contributed by atoms with Crippen molar-refractivity contribution in [1.82, 2.24) is 10.2 Å². The quantitative estimate of drug-likeness (QED) is 0.354. The molecule has 0 unspecified atom stereocenters. The maximum Gasteiger partial charge on any atom is 0.326 e. The minimum Gasteiger partial charge on any atom is -0.480 e. The molecule has 3 aromatic carbocycles. The van der Waals surface area contributed by atoms with Crippen LogP contribution in [0, 0.1) is 5.82 Å². The molecule has 2 N–H and O–H groups in total. The topological polar surface area (TPSA) is 86.7 Å². The molecule has 0 fully saturated rings. The molecule has 0 radical (unpaired) electrons. The first-order valence-electron chi connectivity index (χ1n) is 11.6. The lowest BCUT2D eigenvalue weighted by Gasteiger charge is -2.27. The average molecular weight is 576 g/mol. The molecule has 3 aromatic rings. The van der Waals surface area contributed by atoms with E-state index >= 15 is 0 Å². The Morgan fingerprint density at radius 1 is 0.974 bits per heavy atom. The van der Waals surface area contributed by atoms with E-state index in [1.807, 2.05) is 18.2 Å². The van der Waals surface area contributed by atoms with E-state index < -0.39 is 23.7 Å². The molecule has 0 saturated carbocycles. The predicted octanol–water partition coefficient (Wildman–Crippen LogP) is 6.14. The van der Waals surface area contributed by atoms with E-state index in [1.54, 1.807) is 23.1 Å². The summed E-state index contributed by atoms with van der Waals surface area (Å²) in [5.41, 5.74) is 2.82. The number of amides is 2. The van der Waals surface area contributed by atoms with Crippen LogP contribution in [-0.2, 0) is 11.2 Å². The second-order valence-electron chi connectivity index (χ2n) is 8.72. The molecule has 0 bridgehead atoms. The van der Waals surface area contributed by atoms with Gasteiger partial charge in [-0.1, -0.05) is 71.2 Å². The van der Waals surface area contributed by atoms with E-state index in [-0.39, 0.29) is 38.5 Å². The zero-order chi connectivity index (χ0) is 27.4. The number of halogens is 4. The van der Waals surface area contributed by atoms with Crippen LogP contribution in [-0.4, -0.2) is 46.9 Å². The van der Waals surface area contributed by atoms with Crippen LogP contribution in [0.3, 0.4) is 0 Å². The van der Waals surface area contributed by atoms with Gasteiger partial charge in [-0.2, -0.15) is 0 Å². The molecule has 0 spiro atoms. The highest BCUT2D eigenvalue weighted by Gasteiger charge is 2.25. The molecule has 196 valence electrons. The Balaban J connectivity index is 1.41. The summed E-state index contributed by atoms with van der Waals surface area (Å²) >= 11 is 18.2. The van der Waals surface area contributed by atoms with Crippen molar-refractivity contribution in [3.63, 3.8) is 0 Å². The summed E-state index contributed by atoms with van der Waals surface area (Å²) in [7, 11) is 0. The zero-order valence-corrected chi connectivity index (χ0v) is 22.2. The van der Waals surface area contributed by atoms with Gasteiger partial charge in [0.2, 0.25) is 0 Å². The Morgan fingerprint density at radius 3 is 2.26 bits per heavy atom. The highest BCUT2D eigenvalue weighted by molar-refractivity contribution is 6.39. The lowest BCUT2D eigenvalue weighted by atomic mass is 9.96. The Hall–Kier alpha value is -3.39. The minimum atomic E-state index is -1.19. The summed E-state index contributed by atoms with van der Waals surface area (Å²) in [6.45, 7) is 0.789. The normalized spacial score (nSPS) is 14.0. The number of hydrogen-bond acceptors (Lipinski definition) is 3. The third-order valence-corrected chi connectivity index (χ3v) is 7.17. The summed E-state index contributed by atoms with van der Waals surface area (Å²) in [5.74, 6) is -2.72. The first kappa shape index (κ1) is 27.6. The minimum absolute atomic E-state index is 0.0221. The van der Waals surface area contributed by atoms with Gasteiger partial charge in [0.15, 0.2) is 0 Å². The molecule has 6 nitrogen and oxygen atoms in total. The lowest BCUT2D eigenvalue weighted by molar-refractivity contribution is -0.139. The number of hydrogen-bond donors (Lipinski definition) is 2. The number of carboxylic acid groups (broad SMARTS) is 1. The molecular weight excluding hydrogens is 554 g/mol. The highest BCUT2D eigenvalue weighted by Crippen LogP contribution is 2.27. The number of carbonyl (C=O) groups excluding carboxylic acids is 2. The summed E-state index contributed by atoms with van der Waals surface area (Å²) in [6, 6.07) is 14.4. The molecular formula is C28H22Cl3FN2O4. The summed E-state index contributed by atoms with van der Waals surface area (Å²) in [5, 5.41) is 12.6. The van der Waals surface area contributed by atoms with E-state index in [0.717, 1.165) is 17.2 Å². The molecule has 1 aliphatic rings. The van der Waals surface area contributed by atoms with E-state index in [9.17, 15) is 23.9 Å². The van der Waals surface area contributed by atoms with Crippen molar-refractivity contribution in [2.45, 2.75) is 18.9 Å². The summed E-state index contributed by atoms with van der Waals surface area (Å²) in [4.78, 5) is 38.9. The predicted molar refractivity (Wildman–Crippen MR) is 145 cm³/mol. The third-order valence-electron chi connectivity index (χ3n) is 6.21. The van der Waals surface area contributed by atoms with Crippen molar-refractivity contribution in [3.05, 3.63) is 110 Å². The van der Waals surface area contributed by atoms with Gasteiger partial charge in [-0.15, -0.1) is 0 Å². The number of aliphatic carboxylic acids is 1. The molecule has 0 aromatic heterocycles. The number of nitrogens with zero attached hydrogens (tertiary/aromatic N) is 1. The van der Waals surface area contributed by atoms with Crippen LogP contribution in [0.4, 0.5) is 4.39 Å². The van der Waals surface area contributed by atoms with Crippen LogP contribution in [0.25, 0.3) is 5.57 Å². The maximum atomic E-state index is 13.6.